The molecule has 0 bridgehead atoms. The molecule has 6 nitrogen and oxygen atoms in total. The Kier molecular flexibility index (Phi) is 5.11. The third-order valence-electron chi connectivity index (χ3n) is 3.69. The number of hydrogen-bond acceptors (Lipinski definition) is 6. The summed E-state index contributed by atoms with van der Waals surface area (Å²) in [6.45, 7) is 0.110. The Labute approximate surface area is 148 Å². The van der Waals surface area contributed by atoms with E-state index in [0.717, 1.165) is 0 Å². The van der Waals surface area contributed by atoms with Gasteiger partial charge in [-0.3, -0.25) is 19.9 Å². The molecule has 0 radical (unpaired) electrons. The first-order valence-electron chi connectivity index (χ1n) is 7.57. The maximum Gasteiger partial charge on any atom is 0.307 e. The van der Waals surface area contributed by atoms with Crippen LogP contribution in [0.1, 0.15) is 6.42 Å². The Morgan fingerprint density at radius 1 is 1.16 bits per heavy atom. The van der Waals surface area contributed by atoms with Gasteiger partial charge in [0.05, 0.1) is 36.7 Å². The van der Waals surface area contributed by atoms with E-state index < -0.39 is 0 Å². The van der Waals surface area contributed by atoms with Crippen LogP contribution in [0.2, 0.25) is 5.02 Å². The van der Waals surface area contributed by atoms with Crippen LogP contribution in [-0.2, 0) is 14.4 Å². The summed E-state index contributed by atoms with van der Waals surface area (Å²) in [5.74, 6) is -0.373. The molecule has 0 aliphatic carbocycles. The van der Waals surface area contributed by atoms with Gasteiger partial charge in [0.25, 0.3) is 5.56 Å². The zero-order valence-electron chi connectivity index (χ0n) is 13.4. The number of carbonyl (C=O) groups excluding carboxylic acids is 1. The van der Waals surface area contributed by atoms with E-state index in [9.17, 15) is 9.59 Å². The summed E-state index contributed by atoms with van der Waals surface area (Å²) in [6.07, 6.45) is 0.101. The number of rotatable bonds is 5. The van der Waals surface area contributed by atoms with E-state index in [1.165, 1.54) is 7.11 Å². The van der Waals surface area contributed by atoms with Crippen molar-refractivity contribution in [1.29, 1.82) is 0 Å². The molecule has 0 saturated heterocycles. The number of nitrogens with one attached hydrogen (secondary N) is 1. The Bertz CT molecular complexity index is 1010. The minimum atomic E-state index is -0.373. The largest absolute Gasteiger partial charge is 0.469 e. The molecule has 0 fully saturated rings. The normalized spacial score (nSPS) is 10.8. The molecule has 7 heteroatoms. The summed E-state index contributed by atoms with van der Waals surface area (Å²) >= 11 is 6.11. The summed E-state index contributed by atoms with van der Waals surface area (Å²) in [7, 11) is 1.32. The second kappa shape index (κ2) is 7.46. The molecule has 0 atom stereocenters. The summed E-state index contributed by atoms with van der Waals surface area (Å²) in [5.41, 5.74) is 3.55. The summed E-state index contributed by atoms with van der Waals surface area (Å²) in [5, 5.41) is 2.25. The first kappa shape index (κ1) is 17.1. The van der Waals surface area contributed by atoms with Crippen molar-refractivity contribution in [3.05, 3.63) is 57.8 Å². The topological polar surface area (TPSA) is 77.5 Å². The maximum atomic E-state index is 12.4. The van der Waals surface area contributed by atoms with Crippen molar-refractivity contribution in [2.45, 2.75) is 6.42 Å². The van der Waals surface area contributed by atoms with E-state index in [4.69, 9.17) is 16.4 Å². The van der Waals surface area contributed by atoms with Crippen molar-refractivity contribution in [2.24, 2.45) is 0 Å². The van der Waals surface area contributed by atoms with Gasteiger partial charge in [-0.1, -0.05) is 29.8 Å². The molecule has 3 aromatic rings. The Morgan fingerprint density at radius 2 is 1.92 bits per heavy atom. The molecular weight excluding hydrogens is 344 g/mol. The fourth-order valence-corrected chi connectivity index (χ4v) is 2.65. The molecule has 25 heavy (non-hydrogen) atoms. The number of esters is 1. The predicted molar refractivity (Wildman–Crippen MR) is 96.7 cm³/mol. The van der Waals surface area contributed by atoms with Gasteiger partial charge in [0, 0.05) is 15.8 Å². The van der Waals surface area contributed by atoms with Gasteiger partial charge in [0.2, 0.25) is 0 Å². The summed E-state index contributed by atoms with van der Waals surface area (Å²) in [4.78, 5) is 33.2. The van der Waals surface area contributed by atoms with Gasteiger partial charge in [-0.05, 0) is 24.3 Å². The second-order valence-corrected chi connectivity index (χ2v) is 5.71. The standard InChI is InChI=1S/C18H15ClN2O4/c1-24-16(22)8-9-25-21-17-12-4-2-3-5-13(12)18(23)20-15-7-6-11(19)10-14(15)17/h2-7,10,21H,8-9H2,1H3. The lowest BCUT2D eigenvalue weighted by Crippen LogP contribution is -2.09. The van der Waals surface area contributed by atoms with Gasteiger partial charge in [-0.2, -0.15) is 0 Å². The van der Waals surface area contributed by atoms with E-state index >= 15 is 0 Å². The lowest BCUT2D eigenvalue weighted by molar-refractivity contribution is -0.141. The number of benzene rings is 2. The van der Waals surface area contributed by atoms with E-state index in [1.54, 1.807) is 36.4 Å². The van der Waals surface area contributed by atoms with Crippen molar-refractivity contribution in [1.82, 2.24) is 4.98 Å². The highest BCUT2D eigenvalue weighted by Crippen LogP contribution is 2.29. The van der Waals surface area contributed by atoms with Crippen LogP contribution in [0.3, 0.4) is 0 Å². The number of nitrogens with zero attached hydrogens (tertiary/aromatic N) is 1. The number of anilines is 1. The van der Waals surface area contributed by atoms with Crippen molar-refractivity contribution in [3.63, 3.8) is 0 Å². The Balaban J connectivity index is 2.12. The quantitative estimate of drug-likeness (QED) is 0.428. The first-order valence-corrected chi connectivity index (χ1v) is 7.95. The molecule has 2 aromatic carbocycles. The molecule has 3 rings (SSSR count). The highest BCUT2D eigenvalue weighted by Gasteiger charge is 2.10. The molecule has 128 valence electrons. The van der Waals surface area contributed by atoms with E-state index in [1.807, 2.05) is 6.07 Å². The minimum Gasteiger partial charge on any atom is -0.469 e. The van der Waals surface area contributed by atoms with Crippen LogP contribution in [0, 0.1) is 0 Å². The minimum absolute atomic E-state index is 0.101. The molecule has 1 N–H and O–H groups in total. The second-order valence-electron chi connectivity index (χ2n) is 5.28. The van der Waals surface area contributed by atoms with Crippen LogP contribution in [0.25, 0.3) is 21.7 Å². The first-order chi connectivity index (χ1) is 12.1. The molecule has 0 aliphatic heterocycles. The molecular formula is C18H15ClN2O4. The number of ether oxygens (including phenoxy) is 1. The zero-order valence-corrected chi connectivity index (χ0v) is 14.2. The molecule has 0 unspecified atom stereocenters. The lowest BCUT2D eigenvalue weighted by Gasteiger charge is -2.09. The monoisotopic (exact) mass is 358 g/mol. The smallest absolute Gasteiger partial charge is 0.307 e. The number of carbonyl (C=O) groups is 1. The van der Waals surface area contributed by atoms with Gasteiger partial charge >= 0.3 is 5.97 Å². The van der Waals surface area contributed by atoms with Gasteiger partial charge < -0.3 is 4.74 Å². The molecule has 1 aromatic heterocycles. The number of halogens is 1. The number of fused-ring (bicyclic) bond motifs is 2. The van der Waals surface area contributed by atoms with Crippen molar-refractivity contribution in [3.8, 4) is 0 Å². The highest BCUT2D eigenvalue weighted by molar-refractivity contribution is 6.31. The van der Waals surface area contributed by atoms with Crippen LogP contribution >= 0.6 is 11.6 Å². The van der Waals surface area contributed by atoms with E-state index in [0.29, 0.717) is 32.4 Å². The number of aromatic nitrogens is 1. The van der Waals surface area contributed by atoms with Crippen LogP contribution in [-0.4, -0.2) is 24.7 Å². The van der Waals surface area contributed by atoms with Gasteiger partial charge in [-0.25, -0.2) is 4.98 Å². The van der Waals surface area contributed by atoms with Gasteiger partial charge in [-0.15, -0.1) is 0 Å². The maximum absolute atomic E-state index is 12.4. The highest BCUT2D eigenvalue weighted by atomic mass is 35.5. The van der Waals surface area contributed by atoms with Crippen molar-refractivity contribution in [2.75, 3.05) is 19.2 Å². The lowest BCUT2D eigenvalue weighted by atomic mass is 10.1. The predicted octanol–water partition coefficient (Wildman–Crippen LogP) is 3.31. The third-order valence-corrected chi connectivity index (χ3v) is 3.92. The average Bonchev–Trinajstić information content (AvgIpc) is 2.73. The van der Waals surface area contributed by atoms with Crippen LogP contribution < -0.4 is 11.0 Å². The van der Waals surface area contributed by atoms with Crippen LogP contribution in [0.4, 0.5) is 5.69 Å². The summed E-state index contributed by atoms with van der Waals surface area (Å²) in [6, 6.07) is 12.1. The van der Waals surface area contributed by atoms with Crippen LogP contribution in [0.5, 0.6) is 0 Å². The molecule has 0 aliphatic rings. The van der Waals surface area contributed by atoms with Gasteiger partial charge in [0.1, 0.15) is 0 Å². The van der Waals surface area contributed by atoms with Gasteiger partial charge in [0.15, 0.2) is 0 Å². The molecule has 1 heterocycles. The SMILES string of the molecule is COC(=O)CCONc1c2cc(Cl)ccc2nc(=O)c2ccccc12. The fourth-order valence-electron chi connectivity index (χ4n) is 2.48. The van der Waals surface area contributed by atoms with E-state index in [2.05, 4.69) is 15.2 Å². The zero-order chi connectivity index (χ0) is 17.8. The fraction of sp³-hybridized carbons (Fsp3) is 0.167. The van der Waals surface area contributed by atoms with E-state index in [-0.39, 0.29) is 24.6 Å². The van der Waals surface area contributed by atoms with Crippen molar-refractivity contribution < 1.29 is 14.4 Å². The third kappa shape index (κ3) is 3.70. The summed E-state index contributed by atoms with van der Waals surface area (Å²) < 4.78 is 4.57. The molecule has 0 saturated carbocycles. The Morgan fingerprint density at radius 3 is 2.68 bits per heavy atom. The molecule has 0 spiro atoms. The number of hydrogen-bond donors (Lipinski definition) is 1. The van der Waals surface area contributed by atoms with Crippen molar-refractivity contribution >= 4 is 44.9 Å². The van der Waals surface area contributed by atoms with Crippen LogP contribution in [0.15, 0.2) is 47.3 Å². The molecule has 0 amide bonds. The number of methoxy groups -OCH3 is 1. The average molecular weight is 359 g/mol. The Hall–Kier alpha value is -2.70.